The predicted octanol–water partition coefficient (Wildman–Crippen LogP) is 12.2. The molecule has 6 aromatic carbocycles. The number of ether oxygens (including phenoxy) is 2. The van der Waals surface area contributed by atoms with E-state index in [9.17, 15) is 45.5 Å². The number of Topliss-reactive ketones (excluding diaryl/α,β-unsaturated/α-hetero) is 2. The summed E-state index contributed by atoms with van der Waals surface area (Å²) in [4.78, 5) is 57.2. The number of ketones is 2. The van der Waals surface area contributed by atoms with E-state index in [0.29, 0.717) is 29.0 Å². The monoisotopic (exact) mass is 962 g/mol. The Morgan fingerprint density at radius 1 is 0.529 bits per heavy atom. The first-order valence-corrected chi connectivity index (χ1v) is 22.0. The molecular weight excluding hydrogens is 911 g/mol. The Kier molecular flexibility index (Phi) is 20.9. The number of hydrogen-bond donors (Lipinski definition) is 0. The average molecular weight is 963 g/mol. The predicted molar refractivity (Wildman–Crippen MR) is 259 cm³/mol. The van der Waals surface area contributed by atoms with Gasteiger partial charge in [0.05, 0.1) is 35.1 Å². The number of carbonyl (C=O) groups is 4. The van der Waals surface area contributed by atoms with Crippen LogP contribution in [0.25, 0.3) is 5.57 Å². The summed E-state index contributed by atoms with van der Waals surface area (Å²) < 4.78 is 92.4. The van der Waals surface area contributed by atoms with E-state index in [4.69, 9.17) is 9.47 Å². The molecule has 0 aliphatic rings. The van der Waals surface area contributed by atoms with E-state index >= 15 is 0 Å². The lowest BCUT2D eigenvalue weighted by atomic mass is 9.88. The Morgan fingerprint density at radius 3 is 1.34 bits per heavy atom. The second-order valence-electron chi connectivity index (χ2n) is 16.1. The highest BCUT2D eigenvalue weighted by Crippen LogP contribution is 2.31. The molecule has 14 heteroatoms. The molecule has 0 N–H and O–H groups in total. The zero-order valence-corrected chi connectivity index (χ0v) is 39.4. The Balaban J connectivity index is 0.000000256. The van der Waals surface area contributed by atoms with E-state index in [2.05, 4.69) is 16.6 Å². The maximum atomic E-state index is 14.6. The van der Waals surface area contributed by atoms with Crippen LogP contribution in [-0.2, 0) is 28.7 Å². The molecule has 0 heterocycles. The molecule has 70 heavy (non-hydrogen) atoms. The van der Waals surface area contributed by atoms with Crippen LogP contribution in [0.15, 0.2) is 162 Å². The summed E-state index contributed by atoms with van der Waals surface area (Å²) in [5.74, 6) is -11.2. The Bertz CT molecular complexity index is 2720. The van der Waals surface area contributed by atoms with E-state index in [1.165, 1.54) is 0 Å². The molecule has 0 spiro atoms. The summed E-state index contributed by atoms with van der Waals surface area (Å²) in [6.07, 6.45) is -1.01. The first-order chi connectivity index (χ1) is 33.3. The lowest BCUT2D eigenvalue weighted by Gasteiger charge is -2.22. The minimum atomic E-state index is -1.46. The molecule has 8 nitrogen and oxygen atoms in total. The lowest BCUT2D eigenvalue weighted by molar-refractivity contribution is -0.149. The molecule has 0 aromatic heterocycles. The number of carbonyl (C=O) groups excluding carboxylic acids is 4. The standard InChI is InChI=1S/C28H26F3NO3.C18H19NO2.C10H7F3O/c1-17(2)35-28(34)24(16-21(18(3)33)25-22(29)14-15-23(30)26(25)31)32-27(19-10-6-4-7-11-19)20-12-8-5-9-13-20;1-14(2)21-17(20)13-19-18(15-9-5-3-6-10-15)16-11-7-4-8-12-16;1-5(6(2)14)9-7(11)3-4-8(12)10(9)13/h4-15,17,21,24H,16H2,1-3H3;3-12,14H,13H2,1-2H3;3-4H,1H2,2H3. The van der Waals surface area contributed by atoms with Gasteiger partial charge in [-0.15, -0.1) is 0 Å². The zero-order chi connectivity index (χ0) is 51.5. The quantitative estimate of drug-likeness (QED) is 0.0314. The fourth-order valence-electron chi connectivity index (χ4n) is 6.71. The fourth-order valence-corrected chi connectivity index (χ4v) is 6.71. The molecule has 0 aliphatic heterocycles. The van der Waals surface area contributed by atoms with Gasteiger partial charge in [0.2, 0.25) is 0 Å². The van der Waals surface area contributed by atoms with Crippen molar-refractivity contribution in [3.63, 3.8) is 0 Å². The minimum absolute atomic E-state index is 0.0251. The molecule has 0 amide bonds. The van der Waals surface area contributed by atoms with E-state index in [0.717, 1.165) is 42.8 Å². The number of esters is 2. The second kappa shape index (κ2) is 26.7. The van der Waals surface area contributed by atoms with Crippen molar-refractivity contribution < 1.29 is 55.0 Å². The Labute approximate surface area is 403 Å². The molecule has 2 atom stereocenters. The first kappa shape index (κ1) is 54.9. The normalized spacial score (nSPS) is 11.4. The van der Waals surface area contributed by atoms with E-state index < -0.39 is 88.1 Å². The van der Waals surface area contributed by atoms with E-state index in [-0.39, 0.29) is 24.2 Å². The van der Waals surface area contributed by atoms with Crippen LogP contribution in [0.5, 0.6) is 0 Å². The van der Waals surface area contributed by atoms with Crippen LogP contribution in [0.1, 0.15) is 87.3 Å². The Morgan fingerprint density at radius 2 is 0.929 bits per heavy atom. The third-order valence-electron chi connectivity index (χ3n) is 9.98. The third-order valence-corrected chi connectivity index (χ3v) is 9.98. The van der Waals surface area contributed by atoms with Crippen molar-refractivity contribution in [2.24, 2.45) is 9.98 Å². The molecular formula is C56H52F6N2O6. The van der Waals surface area contributed by atoms with Gasteiger partial charge in [-0.25, -0.2) is 31.1 Å². The van der Waals surface area contributed by atoms with Crippen molar-refractivity contribution in [1.82, 2.24) is 0 Å². The summed E-state index contributed by atoms with van der Waals surface area (Å²) in [5, 5.41) is 0. The van der Waals surface area contributed by atoms with Crippen LogP contribution >= 0.6 is 0 Å². The highest BCUT2D eigenvalue weighted by atomic mass is 19.2. The van der Waals surface area contributed by atoms with Crippen molar-refractivity contribution in [1.29, 1.82) is 0 Å². The number of aliphatic imine (C=N–C) groups is 2. The molecule has 6 rings (SSSR count). The van der Waals surface area contributed by atoms with Gasteiger partial charge in [-0.05, 0) is 72.2 Å². The highest BCUT2D eigenvalue weighted by molar-refractivity contribution is 6.19. The molecule has 0 aliphatic carbocycles. The van der Waals surface area contributed by atoms with Gasteiger partial charge in [0, 0.05) is 33.4 Å². The second-order valence-corrected chi connectivity index (χ2v) is 16.1. The van der Waals surface area contributed by atoms with Gasteiger partial charge in [0.1, 0.15) is 30.0 Å². The number of benzene rings is 6. The maximum Gasteiger partial charge on any atom is 0.331 e. The number of halogens is 6. The van der Waals surface area contributed by atoms with Crippen LogP contribution in [0.4, 0.5) is 26.3 Å². The van der Waals surface area contributed by atoms with Gasteiger partial charge in [-0.2, -0.15) is 0 Å². The summed E-state index contributed by atoms with van der Waals surface area (Å²) in [5.41, 5.74) is 2.82. The molecule has 0 bridgehead atoms. The molecule has 0 radical (unpaired) electrons. The third kappa shape index (κ3) is 15.9. The SMILES string of the molecule is C=C(C(C)=O)c1c(F)ccc(F)c1F.CC(=O)C(CC(N=C(c1ccccc1)c1ccccc1)C(=O)OC(C)C)c1c(F)ccc(F)c1F.CC(C)OC(=O)CN=C(c1ccccc1)c1ccccc1. The summed E-state index contributed by atoms with van der Waals surface area (Å²) in [7, 11) is 0. The fraction of sp³-hybridized carbons (Fsp3) is 0.214. The van der Waals surface area contributed by atoms with Crippen molar-refractivity contribution in [3.05, 3.63) is 220 Å². The molecule has 0 saturated carbocycles. The topological polar surface area (TPSA) is 111 Å². The van der Waals surface area contributed by atoms with Gasteiger partial charge in [-0.1, -0.05) is 128 Å². The minimum Gasteiger partial charge on any atom is -0.462 e. The van der Waals surface area contributed by atoms with E-state index in [1.54, 1.807) is 13.8 Å². The van der Waals surface area contributed by atoms with Crippen LogP contribution in [0.2, 0.25) is 0 Å². The van der Waals surface area contributed by atoms with Gasteiger partial charge < -0.3 is 9.47 Å². The number of nitrogens with zero attached hydrogens (tertiary/aromatic N) is 2. The van der Waals surface area contributed by atoms with Gasteiger partial charge in [0.25, 0.3) is 0 Å². The average Bonchev–Trinajstić information content (AvgIpc) is 3.33. The molecule has 0 fully saturated rings. The van der Waals surface area contributed by atoms with Crippen LogP contribution in [0, 0.1) is 34.9 Å². The summed E-state index contributed by atoms with van der Waals surface area (Å²) >= 11 is 0. The smallest absolute Gasteiger partial charge is 0.331 e. The highest BCUT2D eigenvalue weighted by Gasteiger charge is 2.33. The lowest BCUT2D eigenvalue weighted by Crippen LogP contribution is -2.30. The molecule has 6 aromatic rings. The van der Waals surface area contributed by atoms with Crippen LogP contribution in [-0.4, -0.2) is 59.7 Å². The van der Waals surface area contributed by atoms with Crippen molar-refractivity contribution in [2.45, 2.75) is 72.1 Å². The summed E-state index contributed by atoms with van der Waals surface area (Å²) in [6, 6.07) is 39.4. The van der Waals surface area contributed by atoms with E-state index in [1.807, 2.05) is 135 Å². The molecule has 0 saturated heterocycles. The summed E-state index contributed by atoms with van der Waals surface area (Å²) in [6.45, 7) is 12.4. The van der Waals surface area contributed by atoms with Crippen molar-refractivity contribution >= 4 is 40.5 Å². The maximum absolute atomic E-state index is 14.6. The van der Waals surface area contributed by atoms with Gasteiger partial charge in [0.15, 0.2) is 29.1 Å². The van der Waals surface area contributed by atoms with Crippen molar-refractivity contribution in [2.75, 3.05) is 6.54 Å². The molecule has 2 unspecified atom stereocenters. The van der Waals surface area contributed by atoms with Crippen molar-refractivity contribution in [3.8, 4) is 0 Å². The molecule has 364 valence electrons. The zero-order valence-electron chi connectivity index (χ0n) is 39.4. The number of hydrogen-bond acceptors (Lipinski definition) is 8. The van der Waals surface area contributed by atoms with Crippen LogP contribution < -0.4 is 0 Å². The van der Waals surface area contributed by atoms with Crippen LogP contribution in [0.3, 0.4) is 0 Å². The van der Waals surface area contributed by atoms with Gasteiger partial charge >= 0.3 is 11.9 Å². The number of rotatable bonds is 16. The largest absolute Gasteiger partial charge is 0.462 e. The van der Waals surface area contributed by atoms with Gasteiger partial charge in [-0.3, -0.25) is 24.4 Å². The first-order valence-electron chi connectivity index (χ1n) is 22.0. The number of allylic oxidation sites excluding steroid dienone is 1. The Hall–Kier alpha value is -7.74.